The summed E-state index contributed by atoms with van der Waals surface area (Å²) in [5.41, 5.74) is 3.31. The quantitative estimate of drug-likeness (QED) is 0.589. The second-order valence-corrected chi connectivity index (χ2v) is 6.86. The first-order chi connectivity index (χ1) is 9.60. The molecule has 0 saturated carbocycles. The molecule has 104 valence electrons. The number of imidazole rings is 1. The van der Waals surface area contributed by atoms with Crippen molar-refractivity contribution in [1.82, 2.24) is 9.55 Å². The molecular formula is C15H14Cl2N2S. The van der Waals surface area contributed by atoms with E-state index in [0.29, 0.717) is 5.88 Å². The third-order valence-electron chi connectivity index (χ3n) is 3.43. The van der Waals surface area contributed by atoms with Crippen molar-refractivity contribution in [3.8, 4) is 0 Å². The van der Waals surface area contributed by atoms with Crippen LogP contribution in [-0.2, 0) is 5.88 Å². The SMILES string of the molecule is Cc1ccc2c(c1)nc(CCl)n2C(C)c1ccc(Cl)s1. The molecule has 5 heteroatoms. The molecule has 3 rings (SSSR count). The van der Waals surface area contributed by atoms with E-state index in [2.05, 4.69) is 47.7 Å². The Balaban J connectivity index is 2.18. The maximum Gasteiger partial charge on any atom is 0.125 e. The molecule has 0 spiro atoms. The van der Waals surface area contributed by atoms with E-state index >= 15 is 0 Å². The molecule has 0 radical (unpaired) electrons. The summed E-state index contributed by atoms with van der Waals surface area (Å²) in [5, 5.41) is 0. The first-order valence-corrected chi connectivity index (χ1v) is 8.11. The van der Waals surface area contributed by atoms with Gasteiger partial charge in [0.05, 0.1) is 27.3 Å². The minimum absolute atomic E-state index is 0.175. The summed E-state index contributed by atoms with van der Waals surface area (Å²) in [4.78, 5) is 5.86. The largest absolute Gasteiger partial charge is 0.319 e. The second kappa shape index (κ2) is 5.40. The van der Waals surface area contributed by atoms with Gasteiger partial charge in [0.1, 0.15) is 5.82 Å². The first kappa shape index (κ1) is 13.9. The molecule has 0 aliphatic carbocycles. The average Bonchev–Trinajstić information content (AvgIpc) is 3.00. The zero-order valence-electron chi connectivity index (χ0n) is 11.2. The van der Waals surface area contributed by atoms with Crippen LogP contribution in [0.4, 0.5) is 0 Å². The van der Waals surface area contributed by atoms with Crippen LogP contribution < -0.4 is 0 Å². The third kappa shape index (κ3) is 2.34. The summed E-state index contributed by atoms with van der Waals surface area (Å²) in [6.07, 6.45) is 0. The van der Waals surface area contributed by atoms with Gasteiger partial charge in [0.2, 0.25) is 0 Å². The van der Waals surface area contributed by atoms with Crippen LogP contribution in [0.1, 0.15) is 29.2 Å². The zero-order chi connectivity index (χ0) is 14.3. The van der Waals surface area contributed by atoms with E-state index in [1.54, 1.807) is 11.3 Å². The lowest BCUT2D eigenvalue weighted by atomic mass is 10.2. The lowest BCUT2D eigenvalue weighted by molar-refractivity contribution is 0.644. The Kier molecular flexibility index (Phi) is 3.76. The number of alkyl halides is 1. The molecule has 1 unspecified atom stereocenters. The van der Waals surface area contributed by atoms with E-state index in [0.717, 1.165) is 21.2 Å². The Morgan fingerprint density at radius 2 is 2.10 bits per heavy atom. The summed E-state index contributed by atoms with van der Waals surface area (Å²) < 4.78 is 3.00. The van der Waals surface area contributed by atoms with Gasteiger partial charge in [0.25, 0.3) is 0 Å². The van der Waals surface area contributed by atoms with E-state index in [9.17, 15) is 0 Å². The molecule has 20 heavy (non-hydrogen) atoms. The van der Waals surface area contributed by atoms with Crippen LogP contribution in [0.15, 0.2) is 30.3 Å². The number of halogens is 2. The highest BCUT2D eigenvalue weighted by atomic mass is 35.5. The van der Waals surface area contributed by atoms with Gasteiger partial charge >= 0.3 is 0 Å². The zero-order valence-corrected chi connectivity index (χ0v) is 13.6. The Hall–Kier alpha value is -1.03. The number of benzene rings is 1. The van der Waals surface area contributed by atoms with Crippen LogP contribution in [0.25, 0.3) is 11.0 Å². The summed E-state index contributed by atoms with van der Waals surface area (Å²) >= 11 is 13.7. The van der Waals surface area contributed by atoms with Crippen LogP contribution in [0.3, 0.4) is 0 Å². The molecule has 0 saturated heterocycles. The fourth-order valence-electron chi connectivity index (χ4n) is 2.47. The molecule has 1 aromatic carbocycles. The van der Waals surface area contributed by atoms with Gasteiger partial charge in [-0.1, -0.05) is 17.7 Å². The average molecular weight is 325 g/mol. The van der Waals surface area contributed by atoms with Gasteiger partial charge in [-0.3, -0.25) is 0 Å². The van der Waals surface area contributed by atoms with Gasteiger partial charge in [0, 0.05) is 4.88 Å². The molecule has 2 aromatic heterocycles. The van der Waals surface area contributed by atoms with Gasteiger partial charge in [-0.2, -0.15) is 0 Å². The lowest BCUT2D eigenvalue weighted by Crippen LogP contribution is -2.08. The van der Waals surface area contributed by atoms with Gasteiger partial charge < -0.3 is 4.57 Å². The van der Waals surface area contributed by atoms with Gasteiger partial charge in [-0.15, -0.1) is 22.9 Å². The summed E-state index contributed by atoms with van der Waals surface area (Å²) in [6.45, 7) is 4.22. The Morgan fingerprint density at radius 1 is 1.30 bits per heavy atom. The van der Waals surface area contributed by atoms with Crippen molar-refractivity contribution in [3.63, 3.8) is 0 Å². The van der Waals surface area contributed by atoms with E-state index in [4.69, 9.17) is 23.2 Å². The number of aromatic nitrogens is 2. The van der Waals surface area contributed by atoms with Crippen LogP contribution in [0, 0.1) is 6.92 Å². The molecule has 0 fully saturated rings. The van der Waals surface area contributed by atoms with Crippen molar-refractivity contribution in [1.29, 1.82) is 0 Å². The molecular weight excluding hydrogens is 311 g/mol. The number of fused-ring (bicyclic) bond motifs is 1. The van der Waals surface area contributed by atoms with Gasteiger partial charge in [0.15, 0.2) is 0 Å². The van der Waals surface area contributed by atoms with E-state index in [-0.39, 0.29) is 6.04 Å². The number of aryl methyl sites for hydroxylation is 1. The van der Waals surface area contributed by atoms with Gasteiger partial charge in [-0.25, -0.2) is 4.98 Å². The van der Waals surface area contributed by atoms with E-state index in [1.165, 1.54) is 10.4 Å². The van der Waals surface area contributed by atoms with Crippen molar-refractivity contribution < 1.29 is 0 Å². The molecule has 0 amide bonds. The Labute approximate surface area is 132 Å². The number of thiophene rings is 1. The number of hydrogen-bond donors (Lipinski definition) is 0. The van der Waals surface area contributed by atoms with E-state index in [1.807, 2.05) is 6.07 Å². The third-order valence-corrected chi connectivity index (χ3v) is 5.07. The van der Waals surface area contributed by atoms with Crippen molar-refractivity contribution in [2.24, 2.45) is 0 Å². The standard InChI is InChI=1S/C15H14Cl2N2S/c1-9-3-4-12-11(7-9)18-15(8-16)19(12)10(2)13-5-6-14(17)20-13/h3-7,10H,8H2,1-2H3. The number of rotatable bonds is 3. The van der Waals surface area contributed by atoms with Crippen LogP contribution in [0.2, 0.25) is 4.34 Å². The molecule has 2 heterocycles. The first-order valence-electron chi connectivity index (χ1n) is 6.39. The maximum absolute atomic E-state index is 6.07. The van der Waals surface area contributed by atoms with Crippen molar-refractivity contribution in [3.05, 3.63) is 50.9 Å². The number of hydrogen-bond acceptors (Lipinski definition) is 2. The molecule has 0 bridgehead atoms. The highest BCUT2D eigenvalue weighted by molar-refractivity contribution is 7.16. The topological polar surface area (TPSA) is 17.8 Å². The summed E-state index contributed by atoms with van der Waals surface area (Å²) in [6, 6.07) is 10.5. The minimum Gasteiger partial charge on any atom is -0.319 e. The minimum atomic E-state index is 0.175. The van der Waals surface area contributed by atoms with Crippen molar-refractivity contribution in [2.45, 2.75) is 25.8 Å². The molecule has 0 N–H and O–H groups in total. The smallest absolute Gasteiger partial charge is 0.125 e. The van der Waals surface area contributed by atoms with Crippen molar-refractivity contribution >= 4 is 45.6 Å². The molecule has 1 atom stereocenters. The highest BCUT2D eigenvalue weighted by Crippen LogP contribution is 2.32. The van der Waals surface area contributed by atoms with E-state index < -0.39 is 0 Å². The summed E-state index contributed by atoms with van der Waals surface area (Å²) in [5.74, 6) is 1.29. The highest BCUT2D eigenvalue weighted by Gasteiger charge is 2.18. The Morgan fingerprint density at radius 3 is 2.75 bits per heavy atom. The summed E-state index contributed by atoms with van der Waals surface area (Å²) in [7, 11) is 0. The lowest BCUT2D eigenvalue weighted by Gasteiger charge is -2.15. The van der Waals surface area contributed by atoms with Crippen LogP contribution >= 0.6 is 34.5 Å². The van der Waals surface area contributed by atoms with Crippen molar-refractivity contribution in [2.75, 3.05) is 0 Å². The van der Waals surface area contributed by atoms with Gasteiger partial charge in [-0.05, 0) is 43.7 Å². The molecule has 0 aliphatic heterocycles. The van der Waals surface area contributed by atoms with Crippen LogP contribution in [-0.4, -0.2) is 9.55 Å². The maximum atomic E-state index is 6.07. The fraction of sp³-hybridized carbons (Fsp3) is 0.267. The fourth-order valence-corrected chi connectivity index (χ4v) is 3.76. The van der Waals surface area contributed by atoms with Crippen LogP contribution in [0.5, 0.6) is 0 Å². The number of nitrogens with zero attached hydrogens (tertiary/aromatic N) is 2. The monoisotopic (exact) mass is 324 g/mol. The normalized spacial score (nSPS) is 13.0. The second-order valence-electron chi connectivity index (χ2n) is 4.84. The predicted octanol–water partition coefficient (Wildman–Crippen LogP) is 5.41. The Bertz CT molecular complexity index is 760. The molecule has 2 nitrogen and oxygen atoms in total. The molecule has 0 aliphatic rings. The predicted molar refractivity (Wildman–Crippen MR) is 87.2 cm³/mol. The molecule has 3 aromatic rings.